The van der Waals surface area contributed by atoms with E-state index < -0.39 is 0 Å². The van der Waals surface area contributed by atoms with Crippen LogP contribution in [-0.2, 0) is 7.05 Å². The minimum Gasteiger partial charge on any atom is -0.330 e. The Kier molecular flexibility index (Phi) is 4.11. The van der Waals surface area contributed by atoms with Gasteiger partial charge in [-0.3, -0.25) is 10.00 Å². The van der Waals surface area contributed by atoms with Crippen LogP contribution in [0.3, 0.4) is 0 Å². The quantitative estimate of drug-likeness (QED) is 0.913. The van der Waals surface area contributed by atoms with Gasteiger partial charge in [-0.05, 0) is 26.0 Å². The predicted octanol–water partition coefficient (Wildman–Crippen LogP) is 3.33. The number of amides is 2. The van der Waals surface area contributed by atoms with Crippen LogP contribution in [0.2, 0.25) is 4.34 Å². The molecule has 2 amide bonds. The van der Waals surface area contributed by atoms with E-state index in [1.54, 1.807) is 11.7 Å². The highest BCUT2D eigenvalue weighted by molar-refractivity contribution is 7.16. The van der Waals surface area contributed by atoms with Gasteiger partial charge in [-0.1, -0.05) is 11.6 Å². The molecule has 0 aromatic carbocycles. The van der Waals surface area contributed by atoms with Crippen LogP contribution < -0.4 is 10.6 Å². The Hall–Kier alpha value is -1.53. The monoisotopic (exact) mass is 298 g/mol. The van der Waals surface area contributed by atoms with Crippen LogP contribution in [0, 0.1) is 6.92 Å². The van der Waals surface area contributed by atoms with Crippen molar-refractivity contribution < 1.29 is 4.79 Å². The lowest BCUT2D eigenvalue weighted by Crippen LogP contribution is -2.31. The Morgan fingerprint density at radius 1 is 1.53 bits per heavy atom. The second kappa shape index (κ2) is 5.63. The van der Waals surface area contributed by atoms with Crippen molar-refractivity contribution in [1.82, 2.24) is 15.1 Å². The number of nitrogens with zero attached hydrogens (tertiary/aromatic N) is 2. The molecular weight excluding hydrogens is 284 g/mol. The number of anilines is 1. The molecule has 0 spiro atoms. The van der Waals surface area contributed by atoms with Gasteiger partial charge in [-0.25, -0.2) is 4.79 Å². The number of carbonyl (C=O) groups is 1. The molecule has 19 heavy (non-hydrogen) atoms. The Labute approximate surface area is 120 Å². The minimum atomic E-state index is -0.264. The SMILES string of the molecule is Cc1cc(NC(=O)N[C@H](C)c2ccc(Cl)s2)n(C)n1. The number of carbonyl (C=O) groups excluding carboxylic acids is 1. The van der Waals surface area contributed by atoms with E-state index in [-0.39, 0.29) is 12.1 Å². The average molecular weight is 299 g/mol. The summed E-state index contributed by atoms with van der Waals surface area (Å²) in [6.07, 6.45) is 0. The predicted molar refractivity (Wildman–Crippen MR) is 77.8 cm³/mol. The number of rotatable bonds is 3. The first kappa shape index (κ1) is 13.9. The molecule has 0 saturated carbocycles. The molecule has 7 heteroatoms. The summed E-state index contributed by atoms with van der Waals surface area (Å²) in [5.41, 5.74) is 0.857. The molecule has 102 valence electrons. The maximum atomic E-state index is 11.9. The Balaban J connectivity index is 1.96. The lowest BCUT2D eigenvalue weighted by atomic mass is 10.3. The van der Waals surface area contributed by atoms with E-state index in [0.717, 1.165) is 10.6 Å². The first-order valence-electron chi connectivity index (χ1n) is 5.79. The summed E-state index contributed by atoms with van der Waals surface area (Å²) < 4.78 is 2.34. The van der Waals surface area contributed by atoms with Crippen LogP contribution in [-0.4, -0.2) is 15.8 Å². The molecule has 2 aromatic rings. The van der Waals surface area contributed by atoms with Gasteiger partial charge < -0.3 is 5.32 Å². The van der Waals surface area contributed by atoms with Crippen LogP contribution in [0.1, 0.15) is 23.5 Å². The number of hydrogen-bond donors (Lipinski definition) is 2. The number of aromatic nitrogens is 2. The molecule has 0 aliphatic carbocycles. The molecule has 0 aliphatic heterocycles. The zero-order valence-electron chi connectivity index (χ0n) is 10.9. The topological polar surface area (TPSA) is 59.0 Å². The summed E-state index contributed by atoms with van der Waals surface area (Å²) in [6, 6.07) is 5.19. The Morgan fingerprint density at radius 2 is 2.26 bits per heavy atom. The van der Waals surface area contributed by atoms with Crippen LogP contribution in [0.15, 0.2) is 18.2 Å². The molecule has 2 N–H and O–H groups in total. The summed E-state index contributed by atoms with van der Waals surface area (Å²) in [7, 11) is 1.78. The molecule has 0 aliphatic rings. The van der Waals surface area contributed by atoms with Crippen molar-refractivity contribution in [2.24, 2.45) is 7.05 Å². The standard InChI is InChI=1S/C12H15ClN4OS/c1-7-6-11(17(3)16-7)15-12(18)14-8(2)9-4-5-10(13)19-9/h4-6,8H,1-3H3,(H2,14,15,18)/t8-/m1/s1. The van der Waals surface area contributed by atoms with Gasteiger partial charge in [0.2, 0.25) is 0 Å². The van der Waals surface area contributed by atoms with Crippen LogP contribution in [0.25, 0.3) is 0 Å². The van der Waals surface area contributed by atoms with Crippen molar-refractivity contribution in [3.8, 4) is 0 Å². The van der Waals surface area contributed by atoms with Crippen molar-refractivity contribution in [2.45, 2.75) is 19.9 Å². The summed E-state index contributed by atoms with van der Waals surface area (Å²) in [5, 5.41) is 9.78. The van der Waals surface area contributed by atoms with Crippen LogP contribution in [0.4, 0.5) is 10.6 Å². The van der Waals surface area contributed by atoms with Gasteiger partial charge >= 0.3 is 6.03 Å². The fraction of sp³-hybridized carbons (Fsp3) is 0.333. The van der Waals surface area contributed by atoms with Gasteiger partial charge in [0.05, 0.1) is 16.1 Å². The smallest absolute Gasteiger partial charge is 0.320 e. The second-order valence-electron chi connectivity index (χ2n) is 4.26. The van der Waals surface area contributed by atoms with Crippen LogP contribution >= 0.6 is 22.9 Å². The Morgan fingerprint density at radius 3 is 2.79 bits per heavy atom. The molecule has 0 unspecified atom stereocenters. The number of aryl methyl sites for hydroxylation is 2. The van der Waals surface area contributed by atoms with E-state index in [2.05, 4.69) is 15.7 Å². The van der Waals surface area contributed by atoms with Crippen molar-refractivity contribution in [1.29, 1.82) is 0 Å². The third-order valence-electron chi connectivity index (χ3n) is 2.61. The highest BCUT2D eigenvalue weighted by Crippen LogP contribution is 2.26. The molecule has 0 fully saturated rings. The molecule has 1 atom stereocenters. The number of hydrogen-bond acceptors (Lipinski definition) is 3. The Bertz CT molecular complexity index is 592. The lowest BCUT2D eigenvalue weighted by molar-refractivity contribution is 0.249. The number of thiophene rings is 1. The normalized spacial score (nSPS) is 12.2. The molecule has 0 bridgehead atoms. The summed E-state index contributed by atoms with van der Waals surface area (Å²) in [5.74, 6) is 0.659. The van der Waals surface area contributed by atoms with Gasteiger partial charge in [-0.2, -0.15) is 5.10 Å². The molecule has 2 rings (SSSR count). The first-order valence-corrected chi connectivity index (χ1v) is 6.98. The second-order valence-corrected chi connectivity index (χ2v) is 6.00. The molecular formula is C12H15ClN4OS. The van der Waals surface area contributed by atoms with Gasteiger partial charge in [-0.15, -0.1) is 11.3 Å². The zero-order valence-corrected chi connectivity index (χ0v) is 12.5. The number of urea groups is 1. The fourth-order valence-electron chi connectivity index (χ4n) is 1.71. The minimum absolute atomic E-state index is 0.0909. The molecule has 2 heterocycles. The van der Waals surface area contributed by atoms with Crippen molar-refractivity contribution in [3.63, 3.8) is 0 Å². The average Bonchev–Trinajstić information content (AvgIpc) is 2.86. The van der Waals surface area contributed by atoms with E-state index in [1.165, 1.54) is 11.3 Å². The third kappa shape index (κ3) is 3.48. The maximum Gasteiger partial charge on any atom is 0.320 e. The van der Waals surface area contributed by atoms with Gasteiger partial charge in [0, 0.05) is 18.0 Å². The first-order chi connectivity index (χ1) is 8.95. The highest BCUT2D eigenvalue weighted by atomic mass is 35.5. The molecule has 0 radical (unpaired) electrons. The molecule has 2 aromatic heterocycles. The fourth-order valence-corrected chi connectivity index (χ4v) is 2.77. The van der Waals surface area contributed by atoms with Gasteiger partial charge in [0.25, 0.3) is 0 Å². The maximum absolute atomic E-state index is 11.9. The van der Waals surface area contributed by atoms with Crippen LogP contribution in [0.5, 0.6) is 0 Å². The molecule has 0 saturated heterocycles. The third-order valence-corrected chi connectivity index (χ3v) is 4.03. The van der Waals surface area contributed by atoms with Gasteiger partial charge in [0.15, 0.2) is 0 Å². The van der Waals surface area contributed by atoms with Crippen molar-refractivity contribution in [3.05, 3.63) is 33.1 Å². The number of nitrogens with one attached hydrogen (secondary N) is 2. The lowest BCUT2D eigenvalue weighted by Gasteiger charge is -2.13. The molecule has 5 nitrogen and oxygen atoms in total. The summed E-state index contributed by atoms with van der Waals surface area (Å²) in [4.78, 5) is 12.9. The summed E-state index contributed by atoms with van der Waals surface area (Å²) in [6.45, 7) is 3.79. The highest BCUT2D eigenvalue weighted by Gasteiger charge is 2.13. The largest absolute Gasteiger partial charge is 0.330 e. The zero-order chi connectivity index (χ0) is 14.0. The van der Waals surface area contributed by atoms with E-state index >= 15 is 0 Å². The van der Waals surface area contributed by atoms with E-state index in [9.17, 15) is 4.79 Å². The number of halogens is 1. The van der Waals surface area contributed by atoms with Gasteiger partial charge in [0.1, 0.15) is 5.82 Å². The van der Waals surface area contributed by atoms with E-state index in [4.69, 9.17) is 11.6 Å². The van der Waals surface area contributed by atoms with E-state index in [0.29, 0.717) is 10.2 Å². The summed E-state index contributed by atoms with van der Waals surface area (Å²) >= 11 is 7.33. The van der Waals surface area contributed by atoms with Crippen molar-refractivity contribution >= 4 is 34.8 Å². The van der Waals surface area contributed by atoms with E-state index in [1.807, 2.05) is 32.0 Å². The van der Waals surface area contributed by atoms with Crippen molar-refractivity contribution in [2.75, 3.05) is 5.32 Å².